The van der Waals surface area contributed by atoms with Gasteiger partial charge in [0.2, 0.25) is 0 Å². The van der Waals surface area contributed by atoms with E-state index >= 15 is 0 Å². The van der Waals surface area contributed by atoms with Crippen LogP contribution < -0.4 is 24.8 Å². The number of rotatable bonds is 6. The molecule has 2 atom stereocenters. The number of fused-ring (bicyclic) bond motifs is 1. The van der Waals surface area contributed by atoms with Crippen LogP contribution in [0.3, 0.4) is 0 Å². The summed E-state index contributed by atoms with van der Waals surface area (Å²) < 4.78 is 17.5. The standard InChI is InChI=1S/C29H29BrN2O4/c1-4-36-26-16-19(13-21(30)29(26)35-3)28-27-24(31-22-7-5-6-8-23(22)32-28)14-18(15-25(27)33)17-9-11-20(34-2)12-10-17/h5-13,16,18,28,31-32H,4,14-15H2,1-3H3. The van der Waals surface area contributed by atoms with Crippen LogP contribution in [-0.4, -0.2) is 26.6 Å². The van der Waals surface area contributed by atoms with E-state index in [1.807, 2.05) is 55.5 Å². The molecule has 36 heavy (non-hydrogen) atoms. The molecule has 3 aromatic carbocycles. The number of halogens is 1. The van der Waals surface area contributed by atoms with Crippen molar-refractivity contribution in [3.63, 3.8) is 0 Å². The SMILES string of the molecule is CCOc1cc(C2Nc3ccccc3NC3=C2C(=O)CC(c2ccc(OC)cc2)C3)cc(Br)c1OC. The fraction of sp³-hybridized carbons (Fsp3) is 0.276. The van der Waals surface area contributed by atoms with Gasteiger partial charge in [-0.25, -0.2) is 0 Å². The number of allylic oxidation sites excluding steroid dienone is 1. The average molecular weight is 549 g/mol. The van der Waals surface area contributed by atoms with Crippen molar-refractivity contribution in [2.45, 2.75) is 31.7 Å². The number of Topliss-reactive ketones (excluding diaryl/α,β-unsaturated/α-hetero) is 1. The Morgan fingerprint density at radius 1 is 0.944 bits per heavy atom. The second-order valence-electron chi connectivity index (χ2n) is 8.91. The van der Waals surface area contributed by atoms with Gasteiger partial charge in [-0.3, -0.25) is 4.79 Å². The Kier molecular flexibility index (Phi) is 6.92. The highest BCUT2D eigenvalue weighted by Crippen LogP contribution is 2.46. The van der Waals surface area contributed by atoms with Gasteiger partial charge in [-0.05, 0) is 82.7 Å². The molecule has 186 valence electrons. The Morgan fingerprint density at radius 3 is 2.39 bits per heavy atom. The minimum atomic E-state index is -0.345. The van der Waals surface area contributed by atoms with E-state index in [1.165, 1.54) is 0 Å². The topological polar surface area (TPSA) is 68.8 Å². The van der Waals surface area contributed by atoms with Gasteiger partial charge < -0.3 is 24.8 Å². The lowest BCUT2D eigenvalue weighted by Crippen LogP contribution is -2.27. The van der Waals surface area contributed by atoms with Crippen molar-refractivity contribution in [2.24, 2.45) is 0 Å². The molecule has 0 aromatic heterocycles. The Morgan fingerprint density at radius 2 is 1.69 bits per heavy atom. The maximum Gasteiger partial charge on any atom is 0.174 e. The molecule has 3 aromatic rings. The highest BCUT2D eigenvalue weighted by molar-refractivity contribution is 9.10. The van der Waals surface area contributed by atoms with Gasteiger partial charge in [0.1, 0.15) is 5.75 Å². The Hall–Kier alpha value is -3.45. The summed E-state index contributed by atoms with van der Waals surface area (Å²) >= 11 is 3.64. The van der Waals surface area contributed by atoms with Crippen LogP contribution in [0.4, 0.5) is 11.4 Å². The minimum absolute atomic E-state index is 0.0853. The van der Waals surface area contributed by atoms with E-state index < -0.39 is 0 Å². The molecule has 2 N–H and O–H groups in total. The van der Waals surface area contributed by atoms with Gasteiger partial charge in [0.15, 0.2) is 17.3 Å². The quantitative estimate of drug-likeness (QED) is 0.351. The summed E-state index contributed by atoms with van der Waals surface area (Å²) in [6.45, 7) is 2.44. The van der Waals surface area contributed by atoms with E-state index in [9.17, 15) is 4.79 Å². The van der Waals surface area contributed by atoms with E-state index in [2.05, 4.69) is 38.7 Å². The first-order valence-electron chi connectivity index (χ1n) is 12.0. The molecular formula is C29H29BrN2O4. The molecule has 0 saturated heterocycles. The van der Waals surface area contributed by atoms with Crippen LogP contribution in [0, 0.1) is 0 Å². The second kappa shape index (κ2) is 10.3. The summed E-state index contributed by atoms with van der Waals surface area (Å²) in [5.41, 5.74) is 5.65. The zero-order chi connectivity index (χ0) is 25.2. The Labute approximate surface area is 219 Å². The third-order valence-electron chi connectivity index (χ3n) is 6.77. The van der Waals surface area contributed by atoms with Crippen molar-refractivity contribution in [1.82, 2.24) is 0 Å². The predicted octanol–water partition coefficient (Wildman–Crippen LogP) is 6.84. The summed E-state index contributed by atoms with van der Waals surface area (Å²) in [5.74, 6) is 2.29. The first-order valence-corrected chi connectivity index (χ1v) is 12.8. The number of carbonyl (C=O) groups is 1. The van der Waals surface area contributed by atoms with Crippen LogP contribution in [0.15, 0.2) is 76.4 Å². The van der Waals surface area contributed by atoms with Crippen LogP contribution in [-0.2, 0) is 4.79 Å². The molecule has 1 aliphatic heterocycles. The summed E-state index contributed by atoms with van der Waals surface area (Å²) in [5, 5.41) is 7.23. The Balaban J connectivity index is 1.61. The zero-order valence-electron chi connectivity index (χ0n) is 20.6. The largest absolute Gasteiger partial charge is 0.497 e. The lowest BCUT2D eigenvalue weighted by atomic mass is 9.78. The molecule has 2 unspecified atom stereocenters. The Bertz CT molecular complexity index is 1320. The van der Waals surface area contributed by atoms with Crippen molar-refractivity contribution in [3.05, 3.63) is 87.5 Å². The van der Waals surface area contributed by atoms with Gasteiger partial charge in [0.25, 0.3) is 0 Å². The first-order chi connectivity index (χ1) is 17.5. The average Bonchev–Trinajstić information content (AvgIpc) is 3.06. The molecule has 2 aliphatic rings. The van der Waals surface area contributed by atoms with Crippen LogP contribution in [0.1, 0.15) is 42.9 Å². The van der Waals surface area contributed by atoms with Gasteiger partial charge in [-0.1, -0.05) is 24.3 Å². The lowest BCUT2D eigenvalue weighted by Gasteiger charge is -2.30. The number of hydrogen-bond acceptors (Lipinski definition) is 6. The molecule has 0 saturated carbocycles. The van der Waals surface area contributed by atoms with Crippen LogP contribution in [0.25, 0.3) is 0 Å². The monoisotopic (exact) mass is 548 g/mol. The van der Waals surface area contributed by atoms with Crippen LogP contribution in [0.5, 0.6) is 17.2 Å². The van der Waals surface area contributed by atoms with E-state index in [4.69, 9.17) is 14.2 Å². The summed E-state index contributed by atoms with van der Waals surface area (Å²) in [4.78, 5) is 13.8. The second-order valence-corrected chi connectivity index (χ2v) is 9.76. The molecule has 1 heterocycles. The predicted molar refractivity (Wildman–Crippen MR) is 145 cm³/mol. The number of methoxy groups -OCH3 is 2. The van der Waals surface area contributed by atoms with Crippen molar-refractivity contribution in [2.75, 3.05) is 31.5 Å². The van der Waals surface area contributed by atoms with Crippen LogP contribution in [0.2, 0.25) is 0 Å². The number of anilines is 2. The molecule has 0 fully saturated rings. The molecule has 0 amide bonds. The number of benzene rings is 3. The van der Waals surface area contributed by atoms with Crippen molar-refractivity contribution in [1.29, 1.82) is 0 Å². The molecule has 1 aliphatic carbocycles. The fourth-order valence-corrected chi connectivity index (χ4v) is 5.69. The summed E-state index contributed by atoms with van der Waals surface area (Å²) in [6, 6.07) is 19.7. The highest BCUT2D eigenvalue weighted by atomic mass is 79.9. The van der Waals surface area contributed by atoms with Crippen molar-refractivity contribution < 1.29 is 19.0 Å². The zero-order valence-corrected chi connectivity index (χ0v) is 22.1. The minimum Gasteiger partial charge on any atom is -0.497 e. The number of ether oxygens (including phenoxy) is 3. The number of nitrogens with one attached hydrogen (secondary N) is 2. The van der Waals surface area contributed by atoms with E-state index in [-0.39, 0.29) is 17.7 Å². The van der Waals surface area contributed by atoms with Gasteiger partial charge in [-0.2, -0.15) is 0 Å². The molecule has 6 nitrogen and oxygen atoms in total. The van der Waals surface area contributed by atoms with E-state index in [1.54, 1.807) is 14.2 Å². The number of carbonyl (C=O) groups excluding carboxylic acids is 1. The first kappa shape index (κ1) is 24.3. The number of ketones is 1. The van der Waals surface area contributed by atoms with Crippen molar-refractivity contribution in [3.8, 4) is 17.2 Å². The maximum absolute atomic E-state index is 13.8. The van der Waals surface area contributed by atoms with Crippen LogP contribution >= 0.6 is 15.9 Å². The number of hydrogen-bond donors (Lipinski definition) is 2. The maximum atomic E-state index is 13.8. The molecule has 0 bridgehead atoms. The highest BCUT2D eigenvalue weighted by Gasteiger charge is 2.36. The van der Waals surface area contributed by atoms with Gasteiger partial charge in [0, 0.05) is 17.7 Å². The molecular weight excluding hydrogens is 520 g/mol. The normalized spacial score (nSPS) is 18.8. The smallest absolute Gasteiger partial charge is 0.174 e. The lowest BCUT2D eigenvalue weighted by molar-refractivity contribution is -0.116. The number of para-hydroxylation sites is 2. The van der Waals surface area contributed by atoms with Gasteiger partial charge in [-0.15, -0.1) is 0 Å². The summed E-state index contributed by atoms with van der Waals surface area (Å²) in [6.07, 6.45) is 1.17. The molecule has 7 heteroatoms. The fourth-order valence-electron chi connectivity index (χ4n) is 5.07. The third-order valence-corrected chi connectivity index (χ3v) is 7.35. The molecule has 5 rings (SSSR count). The van der Waals surface area contributed by atoms with E-state index in [0.717, 1.165) is 50.4 Å². The van der Waals surface area contributed by atoms with E-state index in [0.29, 0.717) is 24.5 Å². The van der Waals surface area contributed by atoms with Gasteiger partial charge >= 0.3 is 0 Å². The van der Waals surface area contributed by atoms with Crippen molar-refractivity contribution >= 4 is 33.1 Å². The van der Waals surface area contributed by atoms with Gasteiger partial charge in [0.05, 0.1) is 42.7 Å². The molecule has 0 radical (unpaired) electrons. The summed E-state index contributed by atoms with van der Waals surface area (Å²) in [7, 11) is 3.28. The molecule has 0 spiro atoms. The third kappa shape index (κ3) is 4.55.